The number of carbonyl (C=O) groups is 1. The molecule has 1 saturated heterocycles. The fourth-order valence-corrected chi connectivity index (χ4v) is 3.44. The molecule has 0 spiro atoms. The molecule has 1 heterocycles. The van der Waals surface area contributed by atoms with E-state index in [9.17, 15) is 13.2 Å². The molecule has 0 radical (unpaired) electrons. The number of rotatable bonds is 5. The number of benzene rings is 1. The molecule has 0 aromatic heterocycles. The molecular weight excluding hydrogens is 280 g/mol. The van der Waals surface area contributed by atoms with Crippen LogP contribution in [0.1, 0.15) is 12.0 Å². The van der Waals surface area contributed by atoms with Crippen molar-refractivity contribution >= 4 is 15.9 Å². The molecule has 1 fully saturated rings. The molecule has 2 N–H and O–H groups in total. The van der Waals surface area contributed by atoms with Crippen molar-refractivity contribution in [2.24, 2.45) is 5.73 Å². The first-order valence-corrected chi connectivity index (χ1v) is 7.89. The van der Waals surface area contributed by atoms with Gasteiger partial charge in [0, 0.05) is 19.5 Å². The van der Waals surface area contributed by atoms with Gasteiger partial charge in [-0.15, -0.1) is 0 Å². The van der Waals surface area contributed by atoms with Gasteiger partial charge in [0.15, 0.2) is 0 Å². The van der Waals surface area contributed by atoms with Gasteiger partial charge in [0.25, 0.3) is 0 Å². The normalized spacial score (nSPS) is 17.0. The summed E-state index contributed by atoms with van der Waals surface area (Å²) in [6.45, 7) is 1.61. The van der Waals surface area contributed by atoms with Crippen molar-refractivity contribution in [2.75, 3.05) is 26.3 Å². The van der Waals surface area contributed by atoms with Gasteiger partial charge in [-0.1, -0.05) is 12.1 Å². The summed E-state index contributed by atoms with van der Waals surface area (Å²) in [6.07, 6.45) is 0.781. The van der Waals surface area contributed by atoms with E-state index in [2.05, 4.69) is 0 Å². The predicted octanol–water partition coefficient (Wildman–Crippen LogP) is 0.125. The summed E-state index contributed by atoms with van der Waals surface area (Å²) in [6, 6.07) is 6.58. The lowest BCUT2D eigenvalue weighted by Gasteiger charge is -2.26. The molecular formula is C13H18N2O4S. The molecule has 0 saturated carbocycles. The summed E-state index contributed by atoms with van der Waals surface area (Å²) in [5.41, 5.74) is 5.98. The van der Waals surface area contributed by atoms with Crippen LogP contribution in [-0.2, 0) is 26.0 Å². The second-order valence-corrected chi connectivity index (χ2v) is 6.56. The quantitative estimate of drug-likeness (QED) is 0.836. The van der Waals surface area contributed by atoms with E-state index in [1.165, 1.54) is 4.31 Å². The number of amides is 1. The topological polar surface area (TPSA) is 89.7 Å². The molecule has 1 aliphatic heterocycles. The van der Waals surface area contributed by atoms with E-state index in [4.69, 9.17) is 10.5 Å². The molecule has 1 aromatic rings. The summed E-state index contributed by atoms with van der Waals surface area (Å²) < 4.78 is 31.3. The Morgan fingerprint density at radius 2 is 1.80 bits per heavy atom. The van der Waals surface area contributed by atoms with Crippen LogP contribution >= 0.6 is 0 Å². The van der Waals surface area contributed by atoms with Crippen LogP contribution in [0.25, 0.3) is 0 Å². The molecule has 7 heteroatoms. The lowest BCUT2D eigenvalue weighted by Crippen LogP contribution is -2.40. The number of nitrogens with zero attached hydrogens (tertiary/aromatic N) is 1. The smallest absolute Gasteiger partial charge is 0.243 e. The number of aryl methyl sites for hydroxylation is 1. The van der Waals surface area contributed by atoms with Gasteiger partial charge in [-0.3, -0.25) is 4.79 Å². The number of nitrogens with two attached hydrogens (primary N) is 1. The second kappa shape index (κ2) is 6.34. The zero-order valence-corrected chi connectivity index (χ0v) is 11.9. The number of sulfonamides is 1. The van der Waals surface area contributed by atoms with E-state index in [0.29, 0.717) is 32.7 Å². The Balaban J connectivity index is 2.10. The van der Waals surface area contributed by atoms with Gasteiger partial charge in [0.05, 0.1) is 18.1 Å². The van der Waals surface area contributed by atoms with Crippen molar-refractivity contribution < 1.29 is 17.9 Å². The standard InChI is InChI=1S/C13H18N2O4S/c14-13(16)6-3-11-1-4-12(5-2-11)20(17,18)15-7-9-19-10-8-15/h1-2,4-5H,3,6-10H2,(H2,14,16). The average molecular weight is 298 g/mol. The summed E-state index contributed by atoms with van der Waals surface area (Å²) in [5.74, 6) is -0.366. The van der Waals surface area contributed by atoms with E-state index in [1.807, 2.05) is 0 Å². The highest BCUT2D eigenvalue weighted by Gasteiger charge is 2.25. The fourth-order valence-electron chi connectivity index (χ4n) is 2.03. The Bertz CT molecular complexity index is 563. The van der Waals surface area contributed by atoms with Crippen LogP contribution in [0.2, 0.25) is 0 Å². The van der Waals surface area contributed by atoms with E-state index in [-0.39, 0.29) is 17.2 Å². The first-order valence-electron chi connectivity index (χ1n) is 6.45. The van der Waals surface area contributed by atoms with Crippen molar-refractivity contribution in [2.45, 2.75) is 17.7 Å². The summed E-state index contributed by atoms with van der Waals surface area (Å²) in [4.78, 5) is 11.0. The maximum Gasteiger partial charge on any atom is 0.243 e. The second-order valence-electron chi connectivity index (χ2n) is 4.63. The number of primary amides is 1. The van der Waals surface area contributed by atoms with E-state index >= 15 is 0 Å². The lowest BCUT2D eigenvalue weighted by molar-refractivity contribution is -0.117. The highest BCUT2D eigenvalue weighted by Crippen LogP contribution is 2.18. The summed E-state index contributed by atoms with van der Waals surface area (Å²) in [5, 5.41) is 0. The van der Waals surface area contributed by atoms with Crippen LogP contribution in [0.15, 0.2) is 29.2 Å². The Morgan fingerprint density at radius 1 is 1.20 bits per heavy atom. The van der Waals surface area contributed by atoms with E-state index in [0.717, 1.165) is 5.56 Å². The average Bonchev–Trinajstić information content (AvgIpc) is 2.46. The van der Waals surface area contributed by atoms with Crippen LogP contribution in [-0.4, -0.2) is 44.9 Å². The Kier molecular flexibility index (Phi) is 4.74. The molecule has 0 unspecified atom stereocenters. The zero-order valence-electron chi connectivity index (χ0n) is 11.1. The number of hydrogen-bond donors (Lipinski definition) is 1. The Labute approximate surface area is 118 Å². The molecule has 0 aliphatic carbocycles. The van der Waals surface area contributed by atoms with Crippen LogP contribution in [0.5, 0.6) is 0 Å². The molecule has 0 atom stereocenters. The van der Waals surface area contributed by atoms with Gasteiger partial charge >= 0.3 is 0 Å². The van der Waals surface area contributed by atoms with Crippen molar-refractivity contribution in [3.8, 4) is 0 Å². The van der Waals surface area contributed by atoms with Crippen LogP contribution in [0.4, 0.5) is 0 Å². The lowest BCUT2D eigenvalue weighted by atomic mass is 10.1. The third kappa shape index (κ3) is 3.56. The third-order valence-electron chi connectivity index (χ3n) is 3.19. The fraction of sp³-hybridized carbons (Fsp3) is 0.462. The maximum atomic E-state index is 12.4. The van der Waals surface area contributed by atoms with Crippen LogP contribution in [0, 0.1) is 0 Å². The van der Waals surface area contributed by atoms with Gasteiger partial charge < -0.3 is 10.5 Å². The number of carbonyl (C=O) groups excluding carboxylic acids is 1. The Hall–Kier alpha value is -1.44. The van der Waals surface area contributed by atoms with Gasteiger partial charge in [0.1, 0.15) is 0 Å². The molecule has 110 valence electrons. The van der Waals surface area contributed by atoms with Crippen LogP contribution < -0.4 is 5.73 Å². The first-order chi connectivity index (χ1) is 9.50. The predicted molar refractivity (Wildman–Crippen MR) is 73.5 cm³/mol. The minimum absolute atomic E-state index is 0.259. The van der Waals surface area contributed by atoms with Gasteiger partial charge in [0.2, 0.25) is 15.9 Å². The molecule has 1 aromatic carbocycles. The van der Waals surface area contributed by atoms with E-state index in [1.54, 1.807) is 24.3 Å². The minimum Gasteiger partial charge on any atom is -0.379 e. The molecule has 6 nitrogen and oxygen atoms in total. The highest BCUT2D eigenvalue weighted by molar-refractivity contribution is 7.89. The zero-order chi connectivity index (χ0) is 14.6. The Morgan fingerprint density at radius 3 is 2.35 bits per heavy atom. The number of ether oxygens (including phenoxy) is 1. The van der Waals surface area contributed by atoms with Gasteiger partial charge in [-0.2, -0.15) is 4.31 Å². The third-order valence-corrected chi connectivity index (χ3v) is 5.10. The SMILES string of the molecule is NC(=O)CCc1ccc(S(=O)(=O)N2CCOCC2)cc1. The van der Waals surface area contributed by atoms with Crippen LogP contribution in [0.3, 0.4) is 0 Å². The minimum atomic E-state index is -3.45. The number of morpholine rings is 1. The molecule has 1 aliphatic rings. The molecule has 2 rings (SSSR count). The van der Waals surface area contributed by atoms with Gasteiger partial charge in [-0.05, 0) is 24.1 Å². The number of hydrogen-bond acceptors (Lipinski definition) is 4. The first kappa shape index (κ1) is 15.0. The van der Waals surface area contributed by atoms with Crippen molar-refractivity contribution in [1.29, 1.82) is 0 Å². The summed E-state index contributed by atoms with van der Waals surface area (Å²) in [7, 11) is -3.45. The molecule has 1 amide bonds. The van der Waals surface area contributed by atoms with Crippen molar-refractivity contribution in [3.63, 3.8) is 0 Å². The highest BCUT2D eigenvalue weighted by atomic mass is 32.2. The van der Waals surface area contributed by atoms with Gasteiger partial charge in [-0.25, -0.2) is 8.42 Å². The maximum absolute atomic E-state index is 12.4. The van der Waals surface area contributed by atoms with Crippen molar-refractivity contribution in [3.05, 3.63) is 29.8 Å². The molecule has 0 bridgehead atoms. The molecule has 20 heavy (non-hydrogen) atoms. The summed E-state index contributed by atoms with van der Waals surface area (Å²) >= 11 is 0. The van der Waals surface area contributed by atoms with Crippen molar-refractivity contribution in [1.82, 2.24) is 4.31 Å². The van der Waals surface area contributed by atoms with E-state index < -0.39 is 10.0 Å². The largest absolute Gasteiger partial charge is 0.379 e. The monoisotopic (exact) mass is 298 g/mol.